The van der Waals surface area contributed by atoms with Gasteiger partial charge in [0.05, 0.1) is 7.11 Å². The van der Waals surface area contributed by atoms with E-state index in [1.54, 1.807) is 7.11 Å². The smallest absolute Gasteiger partial charge is 0.120 e. The number of benzene rings is 2. The summed E-state index contributed by atoms with van der Waals surface area (Å²) in [6, 6.07) is 19.5. The molecule has 1 aliphatic heterocycles. The van der Waals surface area contributed by atoms with Crippen molar-refractivity contribution in [2.75, 3.05) is 26.7 Å². The first-order valence-corrected chi connectivity index (χ1v) is 10.7. The van der Waals surface area contributed by atoms with E-state index >= 15 is 0 Å². The van der Waals surface area contributed by atoms with Crippen LogP contribution in [0.2, 0.25) is 0 Å². The number of unbranched alkanes of at least 4 members (excludes halogenated alkanes) is 1. The first kappa shape index (κ1) is 19.1. The summed E-state index contributed by atoms with van der Waals surface area (Å²) in [5.74, 6) is 1.73. The maximum absolute atomic E-state index is 5.32. The van der Waals surface area contributed by atoms with Gasteiger partial charge in [0.2, 0.25) is 0 Å². The topological polar surface area (TPSA) is 28.3 Å². The van der Waals surface area contributed by atoms with Crippen LogP contribution in [0.15, 0.2) is 54.6 Å². The Morgan fingerprint density at radius 3 is 2.82 bits per heavy atom. The molecule has 0 saturated carbocycles. The number of nitrogens with one attached hydrogen (secondary N) is 1. The average molecular weight is 377 g/mol. The molecule has 1 saturated heterocycles. The van der Waals surface area contributed by atoms with E-state index in [0.29, 0.717) is 0 Å². The molecule has 1 fully saturated rings. The van der Waals surface area contributed by atoms with Gasteiger partial charge in [-0.05, 0) is 86.7 Å². The Hall–Kier alpha value is -2.26. The molecule has 0 spiro atoms. The van der Waals surface area contributed by atoms with E-state index in [2.05, 4.69) is 58.4 Å². The molecule has 1 unspecified atom stereocenters. The fourth-order valence-electron chi connectivity index (χ4n) is 4.55. The summed E-state index contributed by atoms with van der Waals surface area (Å²) in [6.45, 7) is 3.78. The maximum Gasteiger partial charge on any atom is 0.120 e. The molecule has 0 aliphatic carbocycles. The summed E-state index contributed by atoms with van der Waals surface area (Å²) in [7, 11) is 1.72. The van der Waals surface area contributed by atoms with Crippen molar-refractivity contribution < 1.29 is 4.74 Å². The Morgan fingerprint density at radius 1 is 1.07 bits per heavy atom. The van der Waals surface area contributed by atoms with Crippen molar-refractivity contribution in [3.05, 3.63) is 65.9 Å². The number of hydrogen-bond acceptors (Lipinski definition) is 2. The van der Waals surface area contributed by atoms with E-state index in [1.165, 1.54) is 73.9 Å². The number of ether oxygens (including phenoxy) is 1. The molecule has 148 valence electrons. The average Bonchev–Trinajstić information content (AvgIpc) is 3.14. The predicted molar refractivity (Wildman–Crippen MR) is 117 cm³/mol. The van der Waals surface area contributed by atoms with Crippen LogP contribution < -0.4 is 4.74 Å². The van der Waals surface area contributed by atoms with Gasteiger partial charge in [-0.3, -0.25) is 0 Å². The molecule has 0 radical (unpaired) electrons. The number of nitrogens with zero attached hydrogens (tertiary/aromatic N) is 1. The lowest BCUT2D eigenvalue weighted by Gasteiger charge is -2.32. The number of aromatic amines is 1. The van der Waals surface area contributed by atoms with Crippen molar-refractivity contribution in [3.8, 4) is 5.75 Å². The van der Waals surface area contributed by atoms with Crippen molar-refractivity contribution >= 4 is 10.9 Å². The van der Waals surface area contributed by atoms with Crippen LogP contribution in [0.5, 0.6) is 5.75 Å². The third-order valence-electron chi connectivity index (χ3n) is 6.03. The van der Waals surface area contributed by atoms with E-state index in [9.17, 15) is 0 Å². The summed E-state index contributed by atoms with van der Waals surface area (Å²) in [4.78, 5) is 6.24. The minimum absolute atomic E-state index is 0.819. The Morgan fingerprint density at radius 2 is 1.96 bits per heavy atom. The van der Waals surface area contributed by atoms with Crippen molar-refractivity contribution in [2.24, 2.45) is 5.92 Å². The molecular weight excluding hydrogens is 344 g/mol. The van der Waals surface area contributed by atoms with Gasteiger partial charge in [0.1, 0.15) is 5.75 Å². The quantitative estimate of drug-likeness (QED) is 0.529. The van der Waals surface area contributed by atoms with Gasteiger partial charge in [0.15, 0.2) is 0 Å². The van der Waals surface area contributed by atoms with Crippen LogP contribution in [-0.4, -0.2) is 36.6 Å². The molecule has 2 heterocycles. The second-order valence-electron chi connectivity index (χ2n) is 8.20. The number of likely N-dealkylation sites (tertiary alicyclic amines) is 1. The van der Waals surface area contributed by atoms with E-state index in [-0.39, 0.29) is 0 Å². The molecule has 28 heavy (non-hydrogen) atoms. The molecule has 3 heteroatoms. The monoisotopic (exact) mass is 376 g/mol. The highest BCUT2D eigenvalue weighted by molar-refractivity contribution is 5.81. The summed E-state index contributed by atoms with van der Waals surface area (Å²) in [5.41, 5.74) is 4.00. The molecule has 3 nitrogen and oxygen atoms in total. The van der Waals surface area contributed by atoms with Crippen molar-refractivity contribution in [3.63, 3.8) is 0 Å². The van der Waals surface area contributed by atoms with E-state index < -0.39 is 0 Å². The highest BCUT2D eigenvalue weighted by Gasteiger charge is 2.19. The zero-order chi connectivity index (χ0) is 19.2. The minimum atomic E-state index is 0.819. The molecule has 1 N–H and O–H groups in total. The fourth-order valence-corrected chi connectivity index (χ4v) is 4.55. The molecule has 4 rings (SSSR count). The van der Waals surface area contributed by atoms with Gasteiger partial charge in [-0.2, -0.15) is 0 Å². The van der Waals surface area contributed by atoms with Gasteiger partial charge in [0.25, 0.3) is 0 Å². The molecular formula is C25H32N2O. The number of rotatable bonds is 8. The van der Waals surface area contributed by atoms with Gasteiger partial charge in [-0.25, -0.2) is 0 Å². The zero-order valence-electron chi connectivity index (χ0n) is 17.0. The first-order valence-electron chi connectivity index (χ1n) is 10.7. The number of H-pyrrole nitrogens is 1. The third-order valence-corrected chi connectivity index (χ3v) is 6.03. The Bertz CT molecular complexity index is 871. The molecule has 3 aromatic rings. The molecule has 1 aromatic heterocycles. The standard InChI is InChI=1S/C25H32N2O/c1-28-24-13-12-22-17-23(26-25(22)18-24)11-5-6-14-27-15-7-10-21(19-27)16-20-8-3-2-4-9-20/h2-4,8-9,12-13,17-18,21,26H,5-7,10-11,14-16,19H2,1H3. The predicted octanol–water partition coefficient (Wildman–Crippen LogP) is 5.45. The SMILES string of the molecule is COc1ccc2cc(CCCCN3CCCC(Cc4ccccc4)C3)[nH]c2c1. The van der Waals surface area contributed by atoms with Gasteiger partial charge in [-0.15, -0.1) is 0 Å². The van der Waals surface area contributed by atoms with Crippen LogP contribution in [0.4, 0.5) is 0 Å². The summed E-state index contributed by atoms with van der Waals surface area (Å²) < 4.78 is 5.32. The highest BCUT2D eigenvalue weighted by Crippen LogP contribution is 2.23. The number of aromatic nitrogens is 1. The number of fused-ring (bicyclic) bond motifs is 1. The maximum atomic E-state index is 5.32. The summed E-state index contributed by atoms with van der Waals surface area (Å²) >= 11 is 0. The second-order valence-corrected chi connectivity index (χ2v) is 8.20. The van der Waals surface area contributed by atoms with Gasteiger partial charge in [0, 0.05) is 23.8 Å². The lowest BCUT2D eigenvalue weighted by atomic mass is 9.91. The zero-order valence-corrected chi connectivity index (χ0v) is 17.0. The Balaban J connectivity index is 1.21. The number of methoxy groups -OCH3 is 1. The third kappa shape index (κ3) is 4.96. The number of aryl methyl sites for hydroxylation is 1. The second kappa shape index (κ2) is 9.29. The van der Waals surface area contributed by atoms with Crippen molar-refractivity contribution in [1.82, 2.24) is 9.88 Å². The Kier molecular flexibility index (Phi) is 6.33. The lowest BCUT2D eigenvalue weighted by molar-refractivity contribution is 0.171. The van der Waals surface area contributed by atoms with Gasteiger partial charge >= 0.3 is 0 Å². The van der Waals surface area contributed by atoms with Crippen molar-refractivity contribution in [1.29, 1.82) is 0 Å². The van der Waals surface area contributed by atoms with E-state index in [1.807, 2.05) is 6.07 Å². The molecule has 1 atom stereocenters. The fraction of sp³-hybridized carbons (Fsp3) is 0.440. The summed E-state index contributed by atoms with van der Waals surface area (Å²) in [5, 5.41) is 1.27. The van der Waals surface area contributed by atoms with E-state index in [4.69, 9.17) is 4.74 Å². The largest absolute Gasteiger partial charge is 0.497 e. The van der Waals surface area contributed by atoms with Crippen molar-refractivity contribution in [2.45, 2.75) is 38.5 Å². The van der Waals surface area contributed by atoms with Crippen LogP contribution in [0, 0.1) is 5.92 Å². The summed E-state index contributed by atoms with van der Waals surface area (Å²) in [6.07, 6.45) is 7.60. The lowest BCUT2D eigenvalue weighted by Crippen LogP contribution is -2.36. The van der Waals surface area contributed by atoms with Crippen LogP contribution in [-0.2, 0) is 12.8 Å². The van der Waals surface area contributed by atoms with Crippen LogP contribution in [0.1, 0.15) is 36.9 Å². The molecule has 0 amide bonds. The van der Waals surface area contributed by atoms with E-state index in [0.717, 1.165) is 18.1 Å². The van der Waals surface area contributed by atoms with Crippen LogP contribution >= 0.6 is 0 Å². The first-order chi connectivity index (χ1) is 13.8. The number of piperidine rings is 1. The minimum Gasteiger partial charge on any atom is -0.497 e. The van der Waals surface area contributed by atoms with Crippen LogP contribution in [0.25, 0.3) is 10.9 Å². The Labute approximate surface area is 168 Å². The molecule has 1 aliphatic rings. The number of hydrogen-bond donors (Lipinski definition) is 1. The normalized spacial score (nSPS) is 17.8. The van der Waals surface area contributed by atoms with Gasteiger partial charge < -0.3 is 14.6 Å². The van der Waals surface area contributed by atoms with Crippen LogP contribution in [0.3, 0.4) is 0 Å². The van der Waals surface area contributed by atoms with Gasteiger partial charge in [-0.1, -0.05) is 30.3 Å². The molecule has 0 bridgehead atoms. The molecule has 2 aromatic carbocycles. The highest BCUT2D eigenvalue weighted by atomic mass is 16.5.